The van der Waals surface area contributed by atoms with E-state index in [0.29, 0.717) is 0 Å². The van der Waals surface area contributed by atoms with E-state index in [1.54, 1.807) is 0 Å². The normalized spacial score (nSPS) is 16.5. The zero-order valence-corrected chi connectivity index (χ0v) is 4.94. The van der Waals surface area contributed by atoms with Crippen LogP contribution in [0, 0.1) is 0 Å². The van der Waals surface area contributed by atoms with Crippen molar-refractivity contribution in [2.75, 3.05) is 6.61 Å². The quantitative estimate of drug-likeness (QED) is 0.563. The molecule has 1 unspecified atom stereocenters. The van der Waals surface area contributed by atoms with Crippen LogP contribution < -0.4 is 5.73 Å². The average molecular weight is 119 g/mol. The molecular formula is C6H17NO. The van der Waals surface area contributed by atoms with Gasteiger partial charge in [0.25, 0.3) is 0 Å². The lowest BCUT2D eigenvalue weighted by Gasteiger charge is -2.17. The summed E-state index contributed by atoms with van der Waals surface area (Å²) in [6.07, 6.45) is 0.823. The molecule has 52 valence electrons. The lowest BCUT2D eigenvalue weighted by atomic mass is 10.0. The Labute approximate surface area is 51.7 Å². The topological polar surface area (TPSA) is 46.2 Å². The first-order valence-electron chi connectivity index (χ1n) is 2.52. The van der Waals surface area contributed by atoms with Gasteiger partial charge in [0.15, 0.2) is 0 Å². The van der Waals surface area contributed by atoms with E-state index < -0.39 is 0 Å². The predicted octanol–water partition coefficient (Wildman–Crippen LogP) is 0.742. The van der Waals surface area contributed by atoms with Crippen molar-refractivity contribution in [3.63, 3.8) is 0 Å². The minimum absolute atomic E-state index is 0. The smallest absolute Gasteiger partial charge is 0.0608 e. The summed E-state index contributed by atoms with van der Waals surface area (Å²) in [5, 5.41) is 8.47. The first-order chi connectivity index (χ1) is 3.12. The monoisotopic (exact) mass is 119 g/mol. The molecular weight excluding hydrogens is 102 g/mol. The fourth-order valence-electron chi connectivity index (χ4n) is 0.112. The molecule has 2 nitrogen and oxygen atoms in total. The summed E-state index contributed by atoms with van der Waals surface area (Å²) in [5.41, 5.74) is 5.10. The van der Waals surface area contributed by atoms with Crippen LogP contribution in [0.2, 0.25) is 0 Å². The van der Waals surface area contributed by atoms with Crippen LogP contribution in [-0.4, -0.2) is 17.3 Å². The molecule has 0 spiro atoms. The van der Waals surface area contributed by atoms with Gasteiger partial charge in [0.1, 0.15) is 0 Å². The maximum Gasteiger partial charge on any atom is 0.0608 e. The molecule has 0 saturated heterocycles. The molecule has 0 radical (unpaired) electrons. The molecule has 0 bridgehead atoms. The van der Waals surface area contributed by atoms with Crippen LogP contribution in [0.5, 0.6) is 0 Å². The predicted molar refractivity (Wildman–Crippen MR) is 36.7 cm³/mol. The highest BCUT2D eigenvalue weighted by Gasteiger charge is 2.11. The summed E-state index contributed by atoms with van der Waals surface area (Å²) < 4.78 is 0. The Morgan fingerprint density at radius 3 is 2.00 bits per heavy atom. The molecule has 0 aromatic carbocycles. The summed E-state index contributed by atoms with van der Waals surface area (Å²) in [7, 11) is 0. The SMILES string of the molecule is C.CCC(C)(N)CO. The summed E-state index contributed by atoms with van der Waals surface area (Å²) in [4.78, 5) is 0. The van der Waals surface area contributed by atoms with E-state index in [0.717, 1.165) is 6.42 Å². The van der Waals surface area contributed by atoms with Crippen LogP contribution in [0.1, 0.15) is 27.7 Å². The van der Waals surface area contributed by atoms with E-state index in [1.807, 2.05) is 13.8 Å². The van der Waals surface area contributed by atoms with Crippen LogP contribution >= 0.6 is 0 Å². The number of hydrogen-bond donors (Lipinski definition) is 2. The van der Waals surface area contributed by atoms with Gasteiger partial charge in [0.2, 0.25) is 0 Å². The number of nitrogens with two attached hydrogens (primary N) is 1. The van der Waals surface area contributed by atoms with Gasteiger partial charge in [-0.25, -0.2) is 0 Å². The summed E-state index contributed by atoms with van der Waals surface area (Å²) in [5.74, 6) is 0. The number of hydrogen-bond acceptors (Lipinski definition) is 2. The molecule has 0 aliphatic carbocycles. The molecule has 0 saturated carbocycles. The number of aliphatic hydroxyl groups is 1. The second-order valence-electron chi connectivity index (χ2n) is 2.17. The Hall–Kier alpha value is -0.0800. The van der Waals surface area contributed by atoms with Crippen molar-refractivity contribution in [1.29, 1.82) is 0 Å². The molecule has 3 N–H and O–H groups in total. The fourth-order valence-corrected chi connectivity index (χ4v) is 0.112. The zero-order valence-electron chi connectivity index (χ0n) is 4.94. The van der Waals surface area contributed by atoms with Gasteiger partial charge >= 0.3 is 0 Å². The molecule has 0 aliphatic heterocycles. The van der Waals surface area contributed by atoms with Gasteiger partial charge in [-0.05, 0) is 13.3 Å². The Bertz CT molecular complexity index is 46.5. The first-order valence-corrected chi connectivity index (χ1v) is 2.52. The lowest BCUT2D eigenvalue weighted by molar-refractivity contribution is 0.205. The van der Waals surface area contributed by atoms with Gasteiger partial charge in [-0.1, -0.05) is 14.4 Å². The Morgan fingerprint density at radius 1 is 1.62 bits per heavy atom. The van der Waals surface area contributed by atoms with E-state index >= 15 is 0 Å². The molecule has 8 heavy (non-hydrogen) atoms. The lowest BCUT2D eigenvalue weighted by Crippen LogP contribution is -2.38. The number of rotatable bonds is 2. The van der Waals surface area contributed by atoms with Crippen LogP contribution in [0.15, 0.2) is 0 Å². The summed E-state index contributed by atoms with van der Waals surface area (Å²) >= 11 is 0. The van der Waals surface area contributed by atoms with Gasteiger partial charge in [0.05, 0.1) is 6.61 Å². The second kappa shape index (κ2) is 3.87. The molecule has 0 amide bonds. The Morgan fingerprint density at radius 2 is 2.00 bits per heavy atom. The van der Waals surface area contributed by atoms with Crippen LogP contribution in [0.25, 0.3) is 0 Å². The van der Waals surface area contributed by atoms with Crippen molar-refractivity contribution in [1.82, 2.24) is 0 Å². The molecule has 0 aliphatic rings. The molecule has 0 aromatic rings. The van der Waals surface area contributed by atoms with Crippen molar-refractivity contribution in [2.45, 2.75) is 33.2 Å². The molecule has 1 atom stereocenters. The zero-order chi connectivity index (χ0) is 5.91. The third-order valence-corrected chi connectivity index (χ3v) is 1.17. The van der Waals surface area contributed by atoms with Crippen molar-refractivity contribution in [3.05, 3.63) is 0 Å². The van der Waals surface area contributed by atoms with Crippen molar-refractivity contribution >= 4 is 0 Å². The van der Waals surface area contributed by atoms with Crippen molar-refractivity contribution in [2.24, 2.45) is 5.73 Å². The van der Waals surface area contributed by atoms with E-state index in [1.165, 1.54) is 0 Å². The van der Waals surface area contributed by atoms with Crippen LogP contribution in [0.4, 0.5) is 0 Å². The van der Waals surface area contributed by atoms with Gasteiger partial charge in [-0.15, -0.1) is 0 Å². The highest BCUT2D eigenvalue weighted by atomic mass is 16.3. The highest BCUT2D eigenvalue weighted by molar-refractivity contribution is 4.73. The molecule has 0 fully saturated rings. The molecule has 0 rings (SSSR count). The maximum absolute atomic E-state index is 8.47. The standard InChI is InChI=1S/C5H13NO.CH4/c1-3-5(2,6)4-7;/h7H,3-4,6H2,1-2H3;1H4. The van der Waals surface area contributed by atoms with Gasteiger partial charge < -0.3 is 10.8 Å². The highest BCUT2D eigenvalue weighted by Crippen LogP contribution is 2.00. The Balaban J connectivity index is 0. The minimum Gasteiger partial charge on any atom is -0.394 e. The van der Waals surface area contributed by atoms with Crippen LogP contribution in [-0.2, 0) is 0 Å². The third-order valence-electron chi connectivity index (χ3n) is 1.17. The Kier molecular flexibility index (Phi) is 5.23. The van der Waals surface area contributed by atoms with E-state index in [-0.39, 0.29) is 19.6 Å². The van der Waals surface area contributed by atoms with Gasteiger partial charge in [0, 0.05) is 5.54 Å². The minimum atomic E-state index is -0.361. The van der Waals surface area contributed by atoms with Gasteiger partial charge in [-0.3, -0.25) is 0 Å². The molecule has 2 heteroatoms. The average Bonchev–Trinajstić information content (AvgIpc) is 1.68. The maximum atomic E-state index is 8.47. The van der Waals surface area contributed by atoms with E-state index in [2.05, 4.69) is 0 Å². The molecule has 0 heterocycles. The second-order valence-corrected chi connectivity index (χ2v) is 2.17. The third kappa shape index (κ3) is 4.09. The first kappa shape index (κ1) is 10.8. The number of aliphatic hydroxyl groups excluding tert-OH is 1. The fraction of sp³-hybridized carbons (Fsp3) is 1.00. The van der Waals surface area contributed by atoms with E-state index in [4.69, 9.17) is 10.8 Å². The van der Waals surface area contributed by atoms with Crippen molar-refractivity contribution in [3.8, 4) is 0 Å². The van der Waals surface area contributed by atoms with Crippen molar-refractivity contribution < 1.29 is 5.11 Å². The van der Waals surface area contributed by atoms with E-state index in [9.17, 15) is 0 Å². The van der Waals surface area contributed by atoms with Crippen LogP contribution in [0.3, 0.4) is 0 Å². The largest absolute Gasteiger partial charge is 0.394 e. The summed E-state index contributed by atoms with van der Waals surface area (Å²) in [6, 6.07) is 0. The molecule has 0 aromatic heterocycles. The summed E-state index contributed by atoms with van der Waals surface area (Å²) in [6.45, 7) is 3.85. The van der Waals surface area contributed by atoms with Gasteiger partial charge in [-0.2, -0.15) is 0 Å².